The summed E-state index contributed by atoms with van der Waals surface area (Å²) in [6.45, 7) is 1.47. The number of hydrogen-bond acceptors (Lipinski definition) is 7. The molecule has 0 unspecified atom stereocenters. The van der Waals surface area contributed by atoms with Crippen LogP contribution in [-0.2, 0) is 11.3 Å². The van der Waals surface area contributed by atoms with Crippen molar-refractivity contribution in [3.8, 4) is 17.0 Å². The highest BCUT2D eigenvalue weighted by Gasteiger charge is 2.14. The van der Waals surface area contributed by atoms with E-state index in [-0.39, 0.29) is 0 Å². The topological polar surface area (TPSA) is 110 Å². The molecule has 0 aliphatic carbocycles. The first-order valence-electron chi connectivity index (χ1n) is 9.79. The molecule has 0 amide bonds. The molecule has 154 valence electrons. The lowest BCUT2D eigenvalue weighted by molar-refractivity contribution is -0.108. The third kappa shape index (κ3) is 3.95. The average molecular weight is 404 g/mol. The molecule has 0 aliphatic heterocycles. The number of nitrogens with zero attached hydrogens (tertiary/aromatic N) is 4. The van der Waals surface area contributed by atoms with Gasteiger partial charge in [0.25, 0.3) is 0 Å². The zero-order chi connectivity index (χ0) is 21.1. The molecule has 0 saturated heterocycles. The molecule has 4 aromatic rings. The number of nitrogens with two attached hydrogens (primary N) is 1. The van der Waals surface area contributed by atoms with Crippen LogP contribution in [0, 0.1) is 0 Å². The van der Waals surface area contributed by atoms with E-state index in [1.807, 2.05) is 37.4 Å². The Kier molecular flexibility index (Phi) is 5.58. The van der Waals surface area contributed by atoms with Gasteiger partial charge in [0.1, 0.15) is 17.6 Å². The summed E-state index contributed by atoms with van der Waals surface area (Å²) in [7, 11) is 3.60. The van der Waals surface area contributed by atoms with Gasteiger partial charge < -0.3 is 20.2 Å². The van der Waals surface area contributed by atoms with Crippen molar-refractivity contribution in [2.24, 2.45) is 0 Å². The quantitative estimate of drug-likeness (QED) is 0.343. The lowest BCUT2D eigenvalue weighted by Gasteiger charge is -2.13. The number of aldehydes is 1. The van der Waals surface area contributed by atoms with E-state index >= 15 is 0 Å². The number of anilines is 1. The van der Waals surface area contributed by atoms with Crippen molar-refractivity contribution in [1.82, 2.24) is 24.8 Å². The summed E-state index contributed by atoms with van der Waals surface area (Å²) in [5.41, 5.74) is 10.5. The summed E-state index contributed by atoms with van der Waals surface area (Å²) >= 11 is 0. The maximum atomic E-state index is 10.5. The van der Waals surface area contributed by atoms with Gasteiger partial charge in [0.15, 0.2) is 5.82 Å². The molecule has 3 heterocycles. The van der Waals surface area contributed by atoms with Crippen molar-refractivity contribution in [3.63, 3.8) is 0 Å². The van der Waals surface area contributed by atoms with Crippen LogP contribution in [0.2, 0.25) is 0 Å². The Morgan fingerprint density at radius 2 is 2.03 bits per heavy atom. The molecule has 3 N–H and O–H groups in total. The molecule has 0 bridgehead atoms. The van der Waals surface area contributed by atoms with E-state index in [4.69, 9.17) is 10.5 Å². The number of imidazole rings is 1. The monoisotopic (exact) mass is 404 g/mol. The highest BCUT2D eigenvalue weighted by atomic mass is 16.5. The summed E-state index contributed by atoms with van der Waals surface area (Å²) in [4.78, 5) is 29.5. The Morgan fingerprint density at radius 1 is 1.20 bits per heavy atom. The van der Waals surface area contributed by atoms with E-state index in [0.29, 0.717) is 30.2 Å². The predicted molar refractivity (Wildman–Crippen MR) is 117 cm³/mol. The van der Waals surface area contributed by atoms with E-state index < -0.39 is 0 Å². The van der Waals surface area contributed by atoms with Crippen molar-refractivity contribution >= 4 is 34.0 Å². The second-order valence-electron chi connectivity index (χ2n) is 7.27. The molecule has 0 atom stereocenters. The molecular formula is C22H24N6O2. The zero-order valence-electron chi connectivity index (χ0n) is 17.1. The third-order valence-electron chi connectivity index (χ3n) is 5.06. The number of nitrogen functional groups attached to an aromatic ring is 1. The first-order valence-corrected chi connectivity index (χ1v) is 9.79. The molecular weight excluding hydrogens is 380 g/mol. The molecule has 0 radical (unpaired) electrons. The number of carbonyl (C=O) groups excluding carboxylic acids is 1. The molecule has 30 heavy (non-hydrogen) atoms. The van der Waals surface area contributed by atoms with E-state index in [1.54, 1.807) is 13.3 Å². The van der Waals surface area contributed by atoms with Gasteiger partial charge in [0.2, 0.25) is 5.88 Å². The molecule has 0 spiro atoms. The zero-order valence-corrected chi connectivity index (χ0v) is 17.1. The SMILES string of the molecule is COc1ccc(-c2ccc3c(c2)nc(N)c2nc(CN(C)CCCC=O)[nH]c23)cn1. The van der Waals surface area contributed by atoms with Gasteiger partial charge in [-0.1, -0.05) is 12.1 Å². The number of H-pyrrole nitrogens is 1. The Balaban J connectivity index is 1.67. The Hall–Kier alpha value is -3.52. The normalized spacial score (nSPS) is 11.4. The number of ether oxygens (including phenoxy) is 1. The second-order valence-corrected chi connectivity index (χ2v) is 7.27. The van der Waals surface area contributed by atoms with Gasteiger partial charge in [-0.25, -0.2) is 15.0 Å². The average Bonchev–Trinajstić information content (AvgIpc) is 3.18. The number of aromatic nitrogens is 4. The van der Waals surface area contributed by atoms with Crippen LogP contribution >= 0.6 is 0 Å². The van der Waals surface area contributed by atoms with Crippen LogP contribution in [0.15, 0.2) is 36.5 Å². The van der Waals surface area contributed by atoms with E-state index in [9.17, 15) is 4.79 Å². The minimum Gasteiger partial charge on any atom is -0.481 e. The summed E-state index contributed by atoms with van der Waals surface area (Å²) < 4.78 is 5.13. The van der Waals surface area contributed by atoms with Gasteiger partial charge in [0.05, 0.1) is 24.7 Å². The minimum atomic E-state index is 0.397. The molecule has 8 nitrogen and oxygen atoms in total. The number of benzene rings is 1. The van der Waals surface area contributed by atoms with Gasteiger partial charge >= 0.3 is 0 Å². The second kappa shape index (κ2) is 8.46. The standard InChI is InChI=1S/C22H24N6O2/c1-28(9-3-4-10-29)13-18-26-20-16-7-5-14(15-6-8-19(30-2)24-12-15)11-17(16)25-22(23)21(20)27-18/h5-8,10-12H,3-4,9,13H2,1-2H3,(H2,23,25)(H,26,27). The number of rotatable bonds is 8. The van der Waals surface area contributed by atoms with Crippen LogP contribution in [0.1, 0.15) is 18.7 Å². The molecule has 4 rings (SSSR count). The van der Waals surface area contributed by atoms with Crippen LogP contribution in [-0.4, -0.2) is 51.8 Å². The molecule has 3 aromatic heterocycles. The van der Waals surface area contributed by atoms with Crippen molar-refractivity contribution in [2.75, 3.05) is 26.4 Å². The van der Waals surface area contributed by atoms with Crippen LogP contribution < -0.4 is 10.5 Å². The number of aromatic amines is 1. The molecule has 0 aliphatic rings. The number of nitrogens with one attached hydrogen (secondary N) is 1. The lowest BCUT2D eigenvalue weighted by Crippen LogP contribution is -2.19. The molecule has 0 fully saturated rings. The van der Waals surface area contributed by atoms with Crippen molar-refractivity contribution in [2.45, 2.75) is 19.4 Å². The fourth-order valence-electron chi connectivity index (χ4n) is 3.53. The van der Waals surface area contributed by atoms with E-state index in [0.717, 1.165) is 52.6 Å². The Labute approximate surface area is 174 Å². The highest BCUT2D eigenvalue weighted by molar-refractivity contribution is 6.07. The van der Waals surface area contributed by atoms with Crippen molar-refractivity contribution in [3.05, 3.63) is 42.4 Å². The first-order chi connectivity index (χ1) is 14.6. The van der Waals surface area contributed by atoms with Crippen LogP contribution in [0.4, 0.5) is 5.82 Å². The van der Waals surface area contributed by atoms with Gasteiger partial charge in [-0.2, -0.15) is 0 Å². The lowest BCUT2D eigenvalue weighted by atomic mass is 10.0. The predicted octanol–water partition coefficient (Wildman–Crippen LogP) is 3.17. The van der Waals surface area contributed by atoms with Crippen LogP contribution in [0.25, 0.3) is 33.1 Å². The van der Waals surface area contributed by atoms with E-state index in [2.05, 4.69) is 24.8 Å². The van der Waals surface area contributed by atoms with Gasteiger partial charge in [0, 0.05) is 29.6 Å². The minimum absolute atomic E-state index is 0.397. The molecule has 8 heteroatoms. The number of hydrogen-bond donors (Lipinski definition) is 2. The van der Waals surface area contributed by atoms with Gasteiger partial charge in [-0.15, -0.1) is 0 Å². The molecule has 1 aromatic carbocycles. The van der Waals surface area contributed by atoms with Crippen molar-refractivity contribution in [1.29, 1.82) is 0 Å². The van der Waals surface area contributed by atoms with Gasteiger partial charge in [-0.3, -0.25) is 4.90 Å². The van der Waals surface area contributed by atoms with Gasteiger partial charge in [-0.05, 0) is 37.7 Å². The van der Waals surface area contributed by atoms with Crippen LogP contribution in [0.5, 0.6) is 5.88 Å². The summed E-state index contributed by atoms with van der Waals surface area (Å²) in [5.74, 6) is 1.79. The number of methoxy groups -OCH3 is 1. The number of pyridine rings is 2. The largest absolute Gasteiger partial charge is 0.481 e. The maximum absolute atomic E-state index is 10.5. The van der Waals surface area contributed by atoms with Crippen LogP contribution in [0.3, 0.4) is 0 Å². The smallest absolute Gasteiger partial charge is 0.212 e. The summed E-state index contributed by atoms with van der Waals surface area (Å²) in [5, 5.41) is 0.965. The maximum Gasteiger partial charge on any atom is 0.212 e. The van der Waals surface area contributed by atoms with E-state index in [1.165, 1.54) is 0 Å². The number of unbranched alkanes of at least 4 members (excludes halogenated alkanes) is 1. The Morgan fingerprint density at radius 3 is 2.77 bits per heavy atom. The fraction of sp³-hybridized carbons (Fsp3) is 0.273. The third-order valence-corrected chi connectivity index (χ3v) is 5.06. The Bertz CT molecular complexity index is 1190. The first kappa shape index (κ1) is 19.8. The number of fused-ring (bicyclic) bond motifs is 3. The van der Waals surface area contributed by atoms with Crippen molar-refractivity contribution < 1.29 is 9.53 Å². The number of carbonyl (C=O) groups is 1. The fourth-order valence-corrected chi connectivity index (χ4v) is 3.53. The summed E-state index contributed by atoms with van der Waals surface area (Å²) in [6.07, 6.45) is 4.12. The molecule has 0 saturated carbocycles. The summed E-state index contributed by atoms with van der Waals surface area (Å²) in [6, 6.07) is 9.86. The highest BCUT2D eigenvalue weighted by Crippen LogP contribution is 2.30.